The van der Waals surface area contributed by atoms with Crippen LogP contribution in [0, 0.1) is 0 Å². The Morgan fingerprint density at radius 3 is 2.45 bits per heavy atom. The molecule has 60 valence electrons. The summed E-state index contributed by atoms with van der Waals surface area (Å²) in [5, 5.41) is 0. The van der Waals surface area contributed by atoms with Gasteiger partial charge in [-0.1, -0.05) is 30.4 Å². The van der Waals surface area contributed by atoms with Gasteiger partial charge in [0.25, 0.3) is 0 Å². The third-order valence-corrected chi connectivity index (χ3v) is 1.11. The molecule has 0 N–H and O–H groups in total. The van der Waals surface area contributed by atoms with Crippen molar-refractivity contribution in [3.05, 3.63) is 36.0 Å². The van der Waals surface area contributed by atoms with Gasteiger partial charge in [0.15, 0.2) is 0 Å². The van der Waals surface area contributed by atoms with Crippen LogP contribution in [0.2, 0.25) is 0 Å². The predicted octanol–water partition coefficient (Wildman–Crippen LogP) is 2.77. The second-order valence-electron chi connectivity index (χ2n) is 2.21. The molecule has 0 spiro atoms. The van der Waals surface area contributed by atoms with Crippen LogP contribution in [0.1, 0.15) is 13.8 Å². The number of nitrogens with zero attached hydrogens (tertiary/aromatic N) is 1. The van der Waals surface area contributed by atoms with Crippen molar-refractivity contribution in [2.24, 2.45) is 4.99 Å². The van der Waals surface area contributed by atoms with E-state index in [0.29, 0.717) is 0 Å². The molecule has 0 atom stereocenters. The number of rotatable bonds is 3. The van der Waals surface area contributed by atoms with Crippen LogP contribution in [0.3, 0.4) is 0 Å². The molecule has 0 amide bonds. The fourth-order valence-electron chi connectivity index (χ4n) is 0.629. The summed E-state index contributed by atoms with van der Waals surface area (Å²) in [6.45, 7) is 4.02. The molecule has 0 aromatic carbocycles. The van der Waals surface area contributed by atoms with Crippen LogP contribution in [0.15, 0.2) is 40.9 Å². The van der Waals surface area contributed by atoms with Crippen molar-refractivity contribution in [3.63, 3.8) is 0 Å². The lowest BCUT2D eigenvalue weighted by Gasteiger charge is -1.83. The average Bonchev–Trinajstić information content (AvgIpc) is 1.99. The van der Waals surface area contributed by atoms with Gasteiger partial charge in [-0.25, -0.2) is 0 Å². The van der Waals surface area contributed by atoms with Gasteiger partial charge < -0.3 is 0 Å². The molecule has 0 radical (unpaired) electrons. The largest absolute Gasteiger partial charge is 0.296 e. The zero-order valence-corrected chi connectivity index (χ0v) is 7.41. The van der Waals surface area contributed by atoms with Crippen molar-refractivity contribution in [3.8, 4) is 0 Å². The Hall–Kier alpha value is -1.11. The van der Waals surface area contributed by atoms with Gasteiger partial charge >= 0.3 is 0 Å². The lowest BCUT2D eigenvalue weighted by atomic mass is 10.3. The van der Waals surface area contributed by atoms with Gasteiger partial charge in [0.05, 0.1) is 0 Å². The third-order valence-electron chi connectivity index (χ3n) is 1.11. The van der Waals surface area contributed by atoms with Crippen LogP contribution >= 0.6 is 0 Å². The van der Waals surface area contributed by atoms with E-state index in [1.54, 1.807) is 7.05 Å². The predicted molar refractivity (Wildman–Crippen MR) is 52.1 cm³/mol. The van der Waals surface area contributed by atoms with Gasteiger partial charge in [-0.05, 0) is 19.4 Å². The Bertz CT molecular complexity index is 195. The maximum atomic E-state index is 3.89. The molecule has 0 rings (SSSR count). The quantitative estimate of drug-likeness (QED) is 0.432. The Morgan fingerprint density at radius 2 is 1.91 bits per heavy atom. The maximum absolute atomic E-state index is 3.89. The minimum absolute atomic E-state index is 1.16. The zero-order chi connectivity index (χ0) is 8.53. The molecule has 0 aromatic heterocycles. The van der Waals surface area contributed by atoms with E-state index in [0.717, 1.165) is 5.57 Å². The molecule has 0 unspecified atom stereocenters. The summed E-state index contributed by atoms with van der Waals surface area (Å²) >= 11 is 0. The standard InChI is InChI=1S/C10H15N/c1-4-5-6-7-8-10(2)9-11-3/h4-9H,1-3H3/b5-4+,7-6-,10-8+,11-9?. The van der Waals surface area contributed by atoms with Crippen molar-refractivity contribution in [1.29, 1.82) is 0 Å². The molecule has 0 aliphatic heterocycles. The monoisotopic (exact) mass is 149 g/mol. The van der Waals surface area contributed by atoms with Gasteiger partial charge in [-0.2, -0.15) is 0 Å². The highest BCUT2D eigenvalue weighted by Crippen LogP contribution is 1.88. The van der Waals surface area contributed by atoms with Crippen molar-refractivity contribution >= 4 is 6.21 Å². The topological polar surface area (TPSA) is 12.4 Å². The van der Waals surface area contributed by atoms with Gasteiger partial charge in [-0.15, -0.1) is 0 Å². The van der Waals surface area contributed by atoms with Crippen molar-refractivity contribution in [2.45, 2.75) is 13.8 Å². The molecule has 0 heterocycles. The summed E-state index contributed by atoms with van der Waals surface area (Å²) in [5.41, 5.74) is 1.16. The highest BCUT2D eigenvalue weighted by atomic mass is 14.6. The van der Waals surface area contributed by atoms with Crippen molar-refractivity contribution < 1.29 is 0 Å². The van der Waals surface area contributed by atoms with Crippen LogP contribution in [-0.2, 0) is 0 Å². The van der Waals surface area contributed by atoms with Crippen LogP contribution in [0.25, 0.3) is 0 Å². The summed E-state index contributed by atoms with van der Waals surface area (Å²) in [7, 11) is 1.77. The summed E-state index contributed by atoms with van der Waals surface area (Å²) in [4.78, 5) is 3.89. The Balaban J connectivity index is 3.90. The SMILES string of the molecule is C/C=C/C=C\C=C(/C)C=NC. The second-order valence-corrected chi connectivity index (χ2v) is 2.21. The number of aliphatic imine (C=N–C) groups is 1. The average molecular weight is 149 g/mol. The number of hydrogen-bond donors (Lipinski definition) is 0. The zero-order valence-electron chi connectivity index (χ0n) is 7.41. The van der Waals surface area contributed by atoms with Crippen LogP contribution in [0.5, 0.6) is 0 Å². The molecule has 0 aliphatic carbocycles. The lowest BCUT2D eigenvalue weighted by Crippen LogP contribution is -1.73. The highest BCUT2D eigenvalue weighted by molar-refractivity contribution is 5.77. The van der Waals surface area contributed by atoms with E-state index in [1.165, 1.54) is 0 Å². The summed E-state index contributed by atoms with van der Waals surface area (Å²) in [5.74, 6) is 0. The van der Waals surface area contributed by atoms with E-state index in [4.69, 9.17) is 0 Å². The Labute approximate surface area is 68.9 Å². The fraction of sp³-hybridized carbons (Fsp3) is 0.300. The normalized spacial score (nSPS) is 14.3. The fourth-order valence-corrected chi connectivity index (χ4v) is 0.629. The Morgan fingerprint density at radius 1 is 1.18 bits per heavy atom. The molecule has 0 fully saturated rings. The van der Waals surface area contributed by atoms with Gasteiger partial charge in [0.1, 0.15) is 0 Å². The summed E-state index contributed by atoms with van der Waals surface area (Å²) < 4.78 is 0. The van der Waals surface area contributed by atoms with Crippen molar-refractivity contribution in [2.75, 3.05) is 7.05 Å². The van der Waals surface area contributed by atoms with E-state index in [9.17, 15) is 0 Å². The lowest BCUT2D eigenvalue weighted by molar-refractivity contribution is 1.45. The first kappa shape index (κ1) is 9.89. The third kappa shape index (κ3) is 6.78. The van der Waals surface area contributed by atoms with Crippen molar-refractivity contribution in [1.82, 2.24) is 0 Å². The first-order chi connectivity index (χ1) is 5.31. The molecule has 11 heavy (non-hydrogen) atoms. The van der Waals surface area contributed by atoms with Crippen LogP contribution < -0.4 is 0 Å². The highest BCUT2D eigenvalue weighted by Gasteiger charge is 1.74. The smallest absolute Gasteiger partial charge is 0.0277 e. The maximum Gasteiger partial charge on any atom is 0.0277 e. The molecule has 0 saturated carbocycles. The first-order valence-electron chi connectivity index (χ1n) is 3.69. The minimum atomic E-state index is 1.16. The van der Waals surface area contributed by atoms with E-state index < -0.39 is 0 Å². The van der Waals surface area contributed by atoms with E-state index in [-0.39, 0.29) is 0 Å². The molecule has 1 nitrogen and oxygen atoms in total. The summed E-state index contributed by atoms with van der Waals surface area (Å²) in [6, 6.07) is 0. The molecule has 1 heteroatoms. The molecule has 0 aliphatic rings. The molecule has 0 aromatic rings. The van der Waals surface area contributed by atoms with Gasteiger partial charge in [0.2, 0.25) is 0 Å². The van der Waals surface area contributed by atoms with Crippen LogP contribution in [-0.4, -0.2) is 13.3 Å². The van der Waals surface area contributed by atoms with E-state index in [2.05, 4.69) is 4.99 Å². The first-order valence-corrected chi connectivity index (χ1v) is 3.69. The number of hydrogen-bond acceptors (Lipinski definition) is 1. The second kappa shape index (κ2) is 7.00. The minimum Gasteiger partial charge on any atom is -0.296 e. The van der Waals surface area contributed by atoms with Gasteiger partial charge in [0, 0.05) is 13.3 Å². The Kier molecular flexibility index (Phi) is 6.30. The number of allylic oxidation sites excluding steroid dienone is 6. The molecular weight excluding hydrogens is 134 g/mol. The molecule has 0 bridgehead atoms. The molecular formula is C10H15N. The molecule has 0 saturated heterocycles. The van der Waals surface area contributed by atoms with Gasteiger partial charge in [-0.3, -0.25) is 4.99 Å². The summed E-state index contributed by atoms with van der Waals surface area (Å²) in [6.07, 6.45) is 11.8. The van der Waals surface area contributed by atoms with E-state index in [1.807, 2.05) is 50.4 Å². The van der Waals surface area contributed by atoms with E-state index >= 15 is 0 Å². The van der Waals surface area contributed by atoms with Crippen LogP contribution in [0.4, 0.5) is 0 Å².